The van der Waals surface area contributed by atoms with Crippen molar-refractivity contribution in [1.82, 2.24) is 19.7 Å². The van der Waals surface area contributed by atoms with E-state index in [2.05, 4.69) is 91.8 Å². The van der Waals surface area contributed by atoms with Crippen LogP contribution in [0.5, 0.6) is 5.75 Å². The maximum atomic E-state index is 5.62. The van der Waals surface area contributed by atoms with Gasteiger partial charge in [-0.05, 0) is 101 Å². The van der Waals surface area contributed by atoms with Gasteiger partial charge in [-0.15, -0.1) is 0 Å². The Morgan fingerprint density at radius 3 is 2.33 bits per heavy atom. The zero-order valence-corrected chi connectivity index (χ0v) is 23.8. The molecule has 0 spiro atoms. The zero-order chi connectivity index (χ0) is 27.3. The first-order valence-electron chi connectivity index (χ1n) is 13.8. The minimum Gasteiger partial charge on any atom is -0.497 e. The van der Waals surface area contributed by atoms with E-state index in [1.807, 2.05) is 18.3 Å². The van der Waals surface area contributed by atoms with Gasteiger partial charge in [0, 0.05) is 47.4 Å². The molecule has 1 saturated heterocycles. The Bertz CT molecular complexity index is 1680. The summed E-state index contributed by atoms with van der Waals surface area (Å²) >= 11 is 0. The van der Waals surface area contributed by atoms with Crippen molar-refractivity contribution in [1.29, 1.82) is 0 Å². The van der Waals surface area contributed by atoms with E-state index < -0.39 is 0 Å². The normalized spacial score (nSPS) is 14.6. The lowest BCUT2D eigenvalue weighted by atomic mass is 10.0. The van der Waals surface area contributed by atoms with Crippen LogP contribution in [0.25, 0.3) is 38.8 Å². The first-order chi connectivity index (χ1) is 18.8. The van der Waals surface area contributed by atoms with Gasteiger partial charge in [0.15, 0.2) is 0 Å². The van der Waals surface area contributed by atoms with Crippen molar-refractivity contribution < 1.29 is 4.74 Å². The summed E-state index contributed by atoms with van der Waals surface area (Å²) in [7, 11) is 6.09. The van der Waals surface area contributed by atoms with Crippen molar-refractivity contribution in [2.45, 2.75) is 39.7 Å². The summed E-state index contributed by atoms with van der Waals surface area (Å²) in [5, 5.41) is 7.37. The van der Waals surface area contributed by atoms with Crippen LogP contribution in [-0.2, 0) is 0 Å². The highest BCUT2D eigenvalue weighted by molar-refractivity contribution is 6.09. The van der Waals surface area contributed by atoms with Gasteiger partial charge >= 0.3 is 0 Å². The minimum atomic E-state index is 0.649. The number of piperidine rings is 1. The molecule has 39 heavy (non-hydrogen) atoms. The predicted molar refractivity (Wildman–Crippen MR) is 161 cm³/mol. The van der Waals surface area contributed by atoms with Gasteiger partial charge in [0.2, 0.25) is 0 Å². The number of anilines is 1. The van der Waals surface area contributed by atoms with Crippen molar-refractivity contribution in [2.24, 2.45) is 0 Å². The molecule has 1 aliphatic heterocycles. The lowest BCUT2D eigenvalue weighted by Crippen LogP contribution is -2.42. The number of nitrogens with zero attached hydrogens (tertiary/aromatic N) is 5. The third kappa shape index (κ3) is 4.53. The first-order valence-corrected chi connectivity index (χ1v) is 13.8. The van der Waals surface area contributed by atoms with Crippen molar-refractivity contribution in [3.63, 3.8) is 0 Å². The standard InChI is InChI=1S/C33H37N5O/c1-21-7-9-24(17-23(21)3)32-29-20-34-30-12-11-27(39-6)19-28(30)33(29)38(35-32)31-18-26(10-8-22(31)2)37-15-13-25(14-16-37)36(4)5/h7-12,17-20,25H,13-16H2,1-6H3. The molecule has 1 aliphatic rings. The molecule has 6 nitrogen and oxygen atoms in total. The second-order valence-electron chi connectivity index (χ2n) is 11.1. The topological polar surface area (TPSA) is 46.4 Å². The Kier molecular flexibility index (Phi) is 6.51. The molecular weight excluding hydrogens is 482 g/mol. The summed E-state index contributed by atoms with van der Waals surface area (Å²) in [5.41, 5.74) is 10.1. The molecule has 200 valence electrons. The van der Waals surface area contributed by atoms with Crippen LogP contribution in [0, 0.1) is 20.8 Å². The van der Waals surface area contributed by atoms with E-state index in [1.165, 1.54) is 35.2 Å². The molecule has 0 amide bonds. The quantitative estimate of drug-likeness (QED) is 0.258. The number of ether oxygens (including phenoxy) is 1. The molecule has 0 bridgehead atoms. The number of fused-ring (bicyclic) bond motifs is 3. The van der Waals surface area contributed by atoms with Crippen molar-refractivity contribution in [3.05, 3.63) is 77.5 Å². The number of methoxy groups -OCH3 is 1. The number of rotatable bonds is 5. The average Bonchev–Trinajstić information content (AvgIpc) is 3.34. The SMILES string of the molecule is COc1ccc2ncc3c(-c4ccc(C)c(C)c4)nn(-c4cc(N5CCC(N(C)C)CC5)ccc4C)c3c2c1. The molecule has 0 unspecified atom stereocenters. The van der Waals surface area contributed by atoms with Crippen LogP contribution >= 0.6 is 0 Å². The Hall–Kier alpha value is -3.90. The van der Waals surface area contributed by atoms with Gasteiger partial charge in [0.05, 0.1) is 23.8 Å². The highest BCUT2D eigenvalue weighted by Gasteiger charge is 2.23. The summed E-state index contributed by atoms with van der Waals surface area (Å²) in [5.74, 6) is 0.812. The van der Waals surface area contributed by atoms with Gasteiger partial charge in [-0.2, -0.15) is 5.10 Å². The van der Waals surface area contributed by atoms with E-state index in [4.69, 9.17) is 14.8 Å². The molecule has 0 aliphatic carbocycles. The molecule has 1 fully saturated rings. The molecular formula is C33H37N5O. The molecule has 6 heteroatoms. The van der Waals surface area contributed by atoms with Crippen LogP contribution in [0.3, 0.4) is 0 Å². The van der Waals surface area contributed by atoms with Gasteiger partial charge in [0.1, 0.15) is 11.4 Å². The summed E-state index contributed by atoms with van der Waals surface area (Å²) in [4.78, 5) is 9.70. The zero-order valence-electron chi connectivity index (χ0n) is 23.8. The fraction of sp³-hybridized carbons (Fsp3) is 0.333. The Morgan fingerprint density at radius 1 is 0.846 bits per heavy atom. The molecule has 3 aromatic carbocycles. The van der Waals surface area contributed by atoms with Gasteiger partial charge in [-0.3, -0.25) is 4.98 Å². The molecule has 3 heterocycles. The third-order valence-corrected chi connectivity index (χ3v) is 8.47. The molecule has 0 atom stereocenters. The van der Waals surface area contributed by atoms with E-state index in [0.29, 0.717) is 6.04 Å². The molecule has 6 rings (SSSR count). The van der Waals surface area contributed by atoms with E-state index in [0.717, 1.165) is 57.6 Å². The Labute approximate surface area is 230 Å². The lowest BCUT2D eigenvalue weighted by molar-refractivity contribution is 0.249. The molecule has 0 N–H and O–H groups in total. The predicted octanol–water partition coefficient (Wildman–Crippen LogP) is 6.70. The number of hydrogen-bond donors (Lipinski definition) is 0. The Morgan fingerprint density at radius 2 is 1.62 bits per heavy atom. The van der Waals surface area contributed by atoms with Gasteiger partial charge < -0.3 is 14.5 Å². The maximum Gasteiger partial charge on any atom is 0.119 e. The van der Waals surface area contributed by atoms with Crippen LogP contribution in [0.2, 0.25) is 0 Å². The number of benzene rings is 3. The summed E-state index contributed by atoms with van der Waals surface area (Å²) in [6.45, 7) is 8.59. The third-order valence-electron chi connectivity index (χ3n) is 8.47. The van der Waals surface area contributed by atoms with Crippen LogP contribution in [-0.4, -0.2) is 60.0 Å². The van der Waals surface area contributed by atoms with Crippen LogP contribution in [0.4, 0.5) is 5.69 Å². The summed E-state index contributed by atoms with van der Waals surface area (Å²) < 4.78 is 7.75. The number of aryl methyl sites for hydroxylation is 3. The van der Waals surface area contributed by atoms with Gasteiger partial charge in [-0.1, -0.05) is 18.2 Å². The van der Waals surface area contributed by atoms with Crippen molar-refractivity contribution in [2.75, 3.05) is 39.2 Å². The van der Waals surface area contributed by atoms with Gasteiger partial charge in [0.25, 0.3) is 0 Å². The minimum absolute atomic E-state index is 0.649. The fourth-order valence-electron chi connectivity index (χ4n) is 5.83. The summed E-state index contributed by atoms with van der Waals surface area (Å²) in [6, 6.07) is 20.1. The van der Waals surface area contributed by atoms with Gasteiger partial charge in [-0.25, -0.2) is 4.68 Å². The van der Waals surface area contributed by atoms with E-state index >= 15 is 0 Å². The number of hydrogen-bond acceptors (Lipinski definition) is 5. The second-order valence-corrected chi connectivity index (χ2v) is 11.1. The largest absolute Gasteiger partial charge is 0.497 e. The number of aromatic nitrogens is 3. The molecule has 2 aromatic heterocycles. The van der Waals surface area contributed by atoms with E-state index in [-0.39, 0.29) is 0 Å². The maximum absolute atomic E-state index is 5.62. The van der Waals surface area contributed by atoms with Crippen molar-refractivity contribution >= 4 is 27.5 Å². The molecule has 0 saturated carbocycles. The van der Waals surface area contributed by atoms with Crippen LogP contribution < -0.4 is 9.64 Å². The fourth-order valence-corrected chi connectivity index (χ4v) is 5.83. The van der Waals surface area contributed by atoms with E-state index in [9.17, 15) is 0 Å². The lowest BCUT2D eigenvalue weighted by Gasteiger charge is -2.36. The van der Waals surface area contributed by atoms with Crippen LogP contribution in [0.1, 0.15) is 29.5 Å². The summed E-state index contributed by atoms with van der Waals surface area (Å²) in [6.07, 6.45) is 4.32. The highest BCUT2D eigenvalue weighted by atomic mass is 16.5. The van der Waals surface area contributed by atoms with E-state index in [1.54, 1.807) is 7.11 Å². The monoisotopic (exact) mass is 519 g/mol. The smallest absolute Gasteiger partial charge is 0.119 e. The molecule has 5 aromatic rings. The second kappa shape index (κ2) is 10.0. The van der Waals surface area contributed by atoms with Crippen LogP contribution in [0.15, 0.2) is 60.8 Å². The van der Waals surface area contributed by atoms with Crippen molar-refractivity contribution in [3.8, 4) is 22.7 Å². The number of pyridine rings is 1. The highest BCUT2D eigenvalue weighted by Crippen LogP contribution is 2.37. The average molecular weight is 520 g/mol. The molecule has 0 radical (unpaired) electrons. The Balaban J connectivity index is 1.56. The first kappa shape index (κ1) is 25.4.